The Labute approximate surface area is 152 Å². The minimum absolute atomic E-state index is 0.296. The summed E-state index contributed by atoms with van der Waals surface area (Å²) in [6, 6.07) is 24.3. The lowest BCUT2D eigenvalue weighted by molar-refractivity contribution is 0.254. The first-order chi connectivity index (χ1) is 12.7. The van der Waals surface area contributed by atoms with Gasteiger partial charge in [0.25, 0.3) is 0 Å². The van der Waals surface area contributed by atoms with Gasteiger partial charge in [0.05, 0.1) is 0 Å². The number of para-hydroxylation sites is 1. The topological polar surface area (TPSA) is 59.6 Å². The van der Waals surface area contributed by atoms with Crippen LogP contribution in [0.2, 0.25) is 0 Å². The number of rotatable bonds is 6. The van der Waals surface area contributed by atoms with Gasteiger partial charge in [-0.2, -0.15) is 0 Å². The molecule has 0 atom stereocenters. The molecule has 0 unspecified atom stereocenters. The molecule has 0 saturated heterocycles. The third kappa shape index (κ3) is 4.77. The van der Waals surface area contributed by atoms with Crippen LogP contribution in [0.4, 0.5) is 10.5 Å². The largest absolute Gasteiger partial charge is 0.485 e. The summed E-state index contributed by atoms with van der Waals surface area (Å²) in [6.45, 7) is 0.398. The number of urea groups is 1. The number of ether oxygens (including phenoxy) is 2. The van der Waals surface area contributed by atoms with Crippen molar-refractivity contribution in [3.63, 3.8) is 0 Å². The maximum Gasteiger partial charge on any atom is 0.318 e. The highest BCUT2D eigenvalue weighted by atomic mass is 16.5. The minimum Gasteiger partial charge on any atom is -0.485 e. The van der Waals surface area contributed by atoms with E-state index < -0.39 is 0 Å². The molecule has 3 rings (SSSR count). The molecule has 26 heavy (non-hydrogen) atoms. The van der Waals surface area contributed by atoms with Gasteiger partial charge >= 0.3 is 6.03 Å². The van der Waals surface area contributed by atoms with E-state index in [0.29, 0.717) is 29.5 Å². The van der Waals surface area contributed by atoms with Crippen molar-refractivity contribution in [1.82, 2.24) is 5.32 Å². The highest BCUT2D eigenvalue weighted by Crippen LogP contribution is 2.34. The number of hydrogen-bond acceptors (Lipinski definition) is 3. The fourth-order valence-corrected chi connectivity index (χ4v) is 2.33. The van der Waals surface area contributed by atoms with Crippen molar-refractivity contribution in [2.45, 2.75) is 6.61 Å². The summed E-state index contributed by atoms with van der Waals surface area (Å²) in [4.78, 5) is 11.6. The standard InChI is InChI=1S/C21H20N2O3/c1-22-21(24)23-17-12-13-19(26-18-10-6-3-7-11-18)20(14-17)25-15-16-8-4-2-5-9-16/h2-14H,15H2,1H3,(H2,22,23,24). The minimum atomic E-state index is -0.296. The van der Waals surface area contributed by atoms with Crippen LogP contribution in [-0.2, 0) is 6.61 Å². The molecule has 5 nitrogen and oxygen atoms in total. The summed E-state index contributed by atoms with van der Waals surface area (Å²) in [6.07, 6.45) is 0. The Morgan fingerprint density at radius 2 is 1.58 bits per heavy atom. The van der Waals surface area contributed by atoms with Crippen molar-refractivity contribution in [1.29, 1.82) is 0 Å². The molecular formula is C21H20N2O3. The number of benzene rings is 3. The quantitative estimate of drug-likeness (QED) is 0.672. The smallest absolute Gasteiger partial charge is 0.318 e. The summed E-state index contributed by atoms with van der Waals surface area (Å²) >= 11 is 0. The molecule has 0 saturated carbocycles. The third-order valence-electron chi connectivity index (χ3n) is 3.64. The van der Waals surface area contributed by atoms with Gasteiger partial charge in [-0.3, -0.25) is 0 Å². The Bertz CT molecular complexity index is 852. The van der Waals surface area contributed by atoms with E-state index in [1.165, 1.54) is 0 Å². The maximum atomic E-state index is 11.6. The van der Waals surface area contributed by atoms with Crippen LogP contribution >= 0.6 is 0 Å². The Hall–Kier alpha value is -3.47. The number of nitrogens with one attached hydrogen (secondary N) is 2. The van der Waals surface area contributed by atoms with Crippen molar-refractivity contribution in [2.24, 2.45) is 0 Å². The summed E-state index contributed by atoms with van der Waals surface area (Å²) in [5.41, 5.74) is 1.66. The second kappa shape index (κ2) is 8.58. The molecule has 2 N–H and O–H groups in total. The molecule has 0 aliphatic rings. The molecule has 0 fully saturated rings. The van der Waals surface area contributed by atoms with E-state index in [2.05, 4.69) is 10.6 Å². The number of anilines is 1. The van der Waals surface area contributed by atoms with E-state index in [9.17, 15) is 4.79 Å². The van der Waals surface area contributed by atoms with Crippen LogP contribution in [-0.4, -0.2) is 13.1 Å². The molecule has 5 heteroatoms. The second-order valence-electron chi connectivity index (χ2n) is 5.56. The summed E-state index contributed by atoms with van der Waals surface area (Å²) in [5, 5.41) is 5.26. The number of hydrogen-bond donors (Lipinski definition) is 2. The van der Waals surface area contributed by atoms with Gasteiger partial charge in [-0.05, 0) is 29.8 Å². The Morgan fingerprint density at radius 1 is 0.885 bits per heavy atom. The van der Waals surface area contributed by atoms with E-state index in [-0.39, 0.29) is 6.03 Å². The van der Waals surface area contributed by atoms with Gasteiger partial charge in [-0.1, -0.05) is 48.5 Å². The van der Waals surface area contributed by atoms with Crippen LogP contribution in [0.15, 0.2) is 78.9 Å². The van der Waals surface area contributed by atoms with E-state index in [4.69, 9.17) is 9.47 Å². The van der Waals surface area contributed by atoms with Crippen LogP contribution < -0.4 is 20.1 Å². The van der Waals surface area contributed by atoms with Crippen LogP contribution in [0.25, 0.3) is 0 Å². The molecule has 0 aliphatic carbocycles. The van der Waals surface area contributed by atoms with Crippen LogP contribution in [0.1, 0.15) is 5.56 Å². The number of carbonyl (C=O) groups excluding carboxylic acids is 1. The molecule has 2 amide bonds. The number of carbonyl (C=O) groups is 1. The first-order valence-electron chi connectivity index (χ1n) is 8.27. The third-order valence-corrected chi connectivity index (χ3v) is 3.64. The molecule has 0 aliphatic heterocycles. The maximum absolute atomic E-state index is 11.6. The Kier molecular flexibility index (Phi) is 5.72. The monoisotopic (exact) mass is 348 g/mol. The lowest BCUT2D eigenvalue weighted by Crippen LogP contribution is -2.24. The Balaban J connectivity index is 1.82. The van der Waals surface area contributed by atoms with Crippen LogP contribution in [0.3, 0.4) is 0 Å². The van der Waals surface area contributed by atoms with Gasteiger partial charge in [-0.15, -0.1) is 0 Å². The molecule has 3 aromatic carbocycles. The summed E-state index contributed by atoms with van der Waals surface area (Å²) < 4.78 is 11.9. The van der Waals surface area contributed by atoms with Gasteiger partial charge in [0.1, 0.15) is 12.4 Å². The average Bonchev–Trinajstić information content (AvgIpc) is 2.69. The average molecular weight is 348 g/mol. The van der Waals surface area contributed by atoms with E-state index >= 15 is 0 Å². The summed E-state index contributed by atoms with van der Waals surface area (Å²) in [5.74, 6) is 1.84. The first-order valence-corrected chi connectivity index (χ1v) is 8.27. The molecule has 0 heterocycles. The van der Waals surface area contributed by atoms with Gasteiger partial charge in [0, 0.05) is 18.8 Å². The van der Waals surface area contributed by atoms with Crippen molar-refractivity contribution >= 4 is 11.7 Å². The zero-order valence-corrected chi connectivity index (χ0v) is 14.4. The normalized spacial score (nSPS) is 10.0. The van der Waals surface area contributed by atoms with Crippen LogP contribution in [0.5, 0.6) is 17.2 Å². The highest BCUT2D eigenvalue weighted by molar-refractivity contribution is 5.89. The number of amides is 2. The van der Waals surface area contributed by atoms with E-state index in [1.54, 1.807) is 25.2 Å². The molecule has 3 aromatic rings. The molecular weight excluding hydrogens is 328 g/mol. The predicted molar refractivity (Wildman–Crippen MR) is 102 cm³/mol. The lowest BCUT2D eigenvalue weighted by Gasteiger charge is -2.14. The van der Waals surface area contributed by atoms with Gasteiger partial charge < -0.3 is 20.1 Å². The molecule has 0 spiro atoms. The first kappa shape index (κ1) is 17.4. The molecule has 132 valence electrons. The molecule has 0 radical (unpaired) electrons. The van der Waals surface area contributed by atoms with E-state index in [0.717, 1.165) is 5.56 Å². The van der Waals surface area contributed by atoms with Crippen molar-refractivity contribution < 1.29 is 14.3 Å². The zero-order valence-electron chi connectivity index (χ0n) is 14.4. The van der Waals surface area contributed by atoms with Crippen molar-refractivity contribution in [3.8, 4) is 17.2 Å². The van der Waals surface area contributed by atoms with Crippen molar-refractivity contribution in [3.05, 3.63) is 84.4 Å². The fourth-order valence-electron chi connectivity index (χ4n) is 2.33. The predicted octanol–water partition coefficient (Wildman–Crippen LogP) is 4.81. The molecule has 0 bridgehead atoms. The zero-order chi connectivity index (χ0) is 18.2. The van der Waals surface area contributed by atoms with Gasteiger partial charge in [0.2, 0.25) is 0 Å². The van der Waals surface area contributed by atoms with Gasteiger partial charge in [-0.25, -0.2) is 4.79 Å². The van der Waals surface area contributed by atoms with Crippen LogP contribution in [0, 0.1) is 0 Å². The van der Waals surface area contributed by atoms with E-state index in [1.807, 2.05) is 60.7 Å². The second-order valence-corrected chi connectivity index (χ2v) is 5.56. The summed E-state index contributed by atoms with van der Waals surface area (Å²) in [7, 11) is 1.56. The highest BCUT2D eigenvalue weighted by Gasteiger charge is 2.10. The Morgan fingerprint density at radius 3 is 2.27 bits per heavy atom. The van der Waals surface area contributed by atoms with Gasteiger partial charge in [0.15, 0.2) is 11.5 Å². The fraction of sp³-hybridized carbons (Fsp3) is 0.0952. The molecule has 0 aromatic heterocycles. The van der Waals surface area contributed by atoms with Crippen molar-refractivity contribution in [2.75, 3.05) is 12.4 Å². The SMILES string of the molecule is CNC(=O)Nc1ccc(Oc2ccccc2)c(OCc2ccccc2)c1. The lowest BCUT2D eigenvalue weighted by atomic mass is 10.2.